The van der Waals surface area contributed by atoms with E-state index in [2.05, 4.69) is 82.1 Å². The number of anilines is 16. The number of carbonyl (C=O) groups excluding carboxylic acids is 8. The first-order valence-corrected chi connectivity index (χ1v) is 51.1. The number of ether oxygens (including phenoxy) is 6. The minimum Gasteiger partial charge on any atom is -0.495 e. The van der Waals surface area contributed by atoms with Crippen LogP contribution in [0, 0.1) is 23.7 Å². The third kappa shape index (κ3) is 23.5. The zero-order chi connectivity index (χ0) is 100. The number of hydrogen-bond acceptors (Lipinski definition) is 30. The maximum absolute atomic E-state index is 12.9. The number of rotatable bonds is 24. The van der Waals surface area contributed by atoms with Crippen LogP contribution in [-0.2, 0) is 28.7 Å². The Morgan fingerprint density at radius 1 is 0.308 bits per heavy atom. The van der Waals surface area contributed by atoms with Gasteiger partial charge in [-0.15, -0.1) is 0 Å². The molecule has 2 saturated heterocycles. The van der Waals surface area contributed by atoms with Crippen molar-refractivity contribution in [3.63, 3.8) is 0 Å². The normalized spacial score (nSPS) is 21.2. The molecule has 8 aromatic rings. The summed E-state index contributed by atoms with van der Waals surface area (Å²) in [6.45, 7) is 13.0. The van der Waals surface area contributed by atoms with E-state index in [1.165, 1.54) is 64.2 Å². The van der Waals surface area contributed by atoms with Crippen LogP contribution in [0.15, 0.2) is 97.6 Å². The minimum atomic E-state index is -0.161. The molecule has 4 aromatic carbocycles. The number of nitrogens with zero attached hydrogens (tertiary/aromatic N) is 16. The van der Waals surface area contributed by atoms with Crippen LogP contribution in [0.3, 0.4) is 0 Å². The third-order valence-corrected chi connectivity index (χ3v) is 29.8. The Kier molecular flexibility index (Phi) is 32.4. The molecule has 5 atom stereocenters. The molecule has 6 aliphatic carbocycles. The highest BCUT2D eigenvalue weighted by molar-refractivity contribution is 6.03. The molecule has 38 heteroatoms. The lowest BCUT2D eigenvalue weighted by Crippen LogP contribution is -2.38. The van der Waals surface area contributed by atoms with Crippen LogP contribution in [-0.4, -0.2) is 245 Å². The first kappa shape index (κ1) is 101. The minimum absolute atomic E-state index is 0.0322. The Hall–Kier alpha value is -13.5. The van der Waals surface area contributed by atoms with Crippen molar-refractivity contribution in [1.82, 2.24) is 61.1 Å². The first-order chi connectivity index (χ1) is 69.3. The summed E-state index contributed by atoms with van der Waals surface area (Å²) in [5.41, 5.74) is 7.70. The second-order valence-electron chi connectivity index (χ2n) is 39.9. The zero-order valence-electron chi connectivity index (χ0n) is 84.4. The molecule has 8 N–H and O–H groups in total. The van der Waals surface area contributed by atoms with Crippen molar-refractivity contribution in [2.45, 2.75) is 237 Å². The predicted molar refractivity (Wildman–Crippen MR) is 550 cm³/mol. The van der Waals surface area contributed by atoms with Crippen molar-refractivity contribution < 1.29 is 66.8 Å². The zero-order valence-corrected chi connectivity index (χ0v) is 84.4. The van der Waals surface area contributed by atoms with Gasteiger partial charge in [0.2, 0.25) is 47.4 Å². The van der Waals surface area contributed by atoms with Crippen LogP contribution in [0.5, 0.6) is 23.0 Å². The van der Waals surface area contributed by atoms with Crippen LogP contribution >= 0.6 is 0 Å². The second-order valence-corrected chi connectivity index (χ2v) is 39.9. The van der Waals surface area contributed by atoms with E-state index in [1.807, 2.05) is 39.8 Å². The van der Waals surface area contributed by atoms with Crippen LogP contribution in [0.25, 0.3) is 0 Å². The van der Waals surface area contributed by atoms with Gasteiger partial charge in [-0.05, 0) is 169 Å². The van der Waals surface area contributed by atoms with E-state index in [0.29, 0.717) is 175 Å². The van der Waals surface area contributed by atoms with Gasteiger partial charge in [0.25, 0.3) is 23.6 Å². The summed E-state index contributed by atoms with van der Waals surface area (Å²) in [6.07, 6.45) is 34.2. The SMILES string of the molecule is COc1cc(C(=O)NC2CC2)ccc1Nc1ncc2c(n1)N(C1CCCC1)C[C@@H](C)C(=O)N2C.COc1cc(C(=O)NC2CCCC2)ccc1Nc1ncc2c(n1)N(C1CCCC1)C[C@@H](C)C(=O)N2C.COc1cc(C(=O)NC2CCOCC2)ccc1Nc1ncc2c(n1)N(C1CCCC1)C[C@@H](C)C(=O)N2C.COc1cc(C(=O)N[C@H]2CCOC2)ccc1Nc1ncc2c(n1)N(C1CCCC1)C[C@@H](C)C(=O)N2C. The van der Waals surface area contributed by atoms with Gasteiger partial charge in [-0.2, -0.15) is 19.9 Å². The van der Waals surface area contributed by atoms with Crippen molar-refractivity contribution in [2.24, 2.45) is 23.7 Å². The molecule has 0 unspecified atom stereocenters. The Labute approximate surface area is 836 Å². The summed E-state index contributed by atoms with van der Waals surface area (Å²) < 4.78 is 33.0. The molecule has 38 nitrogen and oxygen atoms in total. The summed E-state index contributed by atoms with van der Waals surface area (Å²) in [4.78, 5) is 156. The highest BCUT2D eigenvalue weighted by atomic mass is 16.5. The van der Waals surface area contributed by atoms with E-state index in [0.717, 1.165) is 142 Å². The van der Waals surface area contributed by atoms with Crippen molar-refractivity contribution >= 4 is 140 Å². The van der Waals surface area contributed by atoms with E-state index >= 15 is 0 Å². The monoisotopic (exact) mass is 1960 g/mol. The molecule has 20 rings (SSSR count). The maximum Gasteiger partial charge on any atom is 0.251 e. The van der Waals surface area contributed by atoms with Gasteiger partial charge in [-0.25, -0.2) is 19.9 Å². The van der Waals surface area contributed by atoms with Gasteiger partial charge in [-0.3, -0.25) is 38.4 Å². The standard InChI is InChI=1S/C27H36N6O4.C27H36N6O3.C26H34N6O4.C25H32N6O3/c1-17-16-33(20-6-4-5-7-20)24-22(32(2)26(17)35)15-28-27(31-24)30-21-9-8-18(14-23(21)36-3)25(34)29-19-10-12-37-13-11-19;1-17-16-33(20-10-6-7-11-20)24-22(32(2)26(17)35)15-28-27(31-24)30-21-13-12-18(14-23(21)36-3)25(34)29-19-8-4-5-9-19;1-16-14-32(19-6-4-5-7-19)23-21(31(2)25(16)34)13-27-26(30-23)29-20-9-8-17(12-22(20)35-3)24(33)28-18-10-11-36-15-18;1-15-14-31(18-6-4-5-7-18)22-20(30(2)24(15)33)13-26-25(29-22)28-19-11-8-16(12-21(19)34-3)23(32)27-17-9-10-17/h8-9,14-15,17,19-20H,4-7,10-13,16H2,1-3H3,(H,29,34)(H,28,30,31);12-15,17,19-20H,4-11,16H2,1-3H3,(H,29,34)(H,28,30,31);8-9,12-13,16,18-19H,4-7,10-11,14-15H2,1-3H3,(H,28,33)(H,27,29,30);8,11-13,15,17-18H,4-7,9-10,14H2,1-3H3,(H,27,32)(H,26,28,29)/t2*17-;16-,18+;15-/m1111/s1. The Bertz CT molecular complexity index is 5730. The van der Waals surface area contributed by atoms with Gasteiger partial charge < -0.3 is 110 Å². The molecular weight excluding hydrogens is 1820 g/mol. The highest BCUT2D eigenvalue weighted by Crippen LogP contribution is 2.45. The average Bonchev–Trinajstić information content (AvgIpc) is 1.66. The fourth-order valence-electron chi connectivity index (χ4n) is 21.4. The van der Waals surface area contributed by atoms with E-state index in [4.69, 9.17) is 48.4 Å². The average molecular weight is 1960 g/mol. The quantitative estimate of drug-likeness (QED) is 0.0278. The third-order valence-electron chi connectivity index (χ3n) is 29.8. The van der Waals surface area contributed by atoms with Gasteiger partial charge in [0.15, 0.2) is 23.3 Å². The molecule has 10 heterocycles. The predicted octanol–water partition coefficient (Wildman–Crippen LogP) is 14.4. The molecule has 6 aliphatic heterocycles. The number of fused-ring (bicyclic) bond motifs is 4. The van der Waals surface area contributed by atoms with Gasteiger partial charge in [-0.1, -0.05) is 91.9 Å². The van der Waals surface area contributed by atoms with Crippen LogP contribution in [0.2, 0.25) is 0 Å². The molecular formula is C105H138N24O14. The van der Waals surface area contributed by atoms with Gasteiger partial charge in [0.05, 0.1) is 112 Å². The highest BCUT2D eigenvalue weighted by Gasteiger charge is 2.42. The Morgan fingerprint density at radius 3 is 0.783 bits per heavy atom. The van der Waals surface area contributed by atoms with Crippen molar-refractivity contribution in [3.05, 3.63) is 120 Å². The summed E-state index contributed by atoms with van der Waals surface area (Å²) in [7, 11) is 13.5. The molecule has 12 aliphatic rings. The van der Waals surface area contributed by atoms with E-state index in [1.54, 1.807) is 162 Å². The molecule has 0 spiro atoms. The molecule has 8 amide bonds. The largest absolute Gasteiger partial charge is 0.495 e. The fourth-order valence-corrected chi connectivity index (χ4v) is 21.4. The van der Waals surface area contributed by atoms with Gasteiger partial charge >= 0.3 is 0 Å². The molecule has 6 saturated carbocycles. The first-order valence-electron chi connectivity index (χ1n) is 51.1. The smallest absolute Gasteiger partial charge is 0.251 e. The lowest BCUT2D eigenvalue weighted by Gasteiger charge is -2.31. The van der Waals surface area contributed by atoms with E-state index in [-0.39, 0.29) is 89.1 Å². The molecule has 4 aromatic heterocycles. The maximum atomic E-state index is 12.9. The molecule has 143 heavy (non-hydrogen) atoms. The molecule has 0 bridgehead atoms. The lowest BCUT2D eigenvalue weighted by molar-refractivity contribution is -0.122. The molecule has 8 fully saturated rings. The number of hydrogen-bond donors (Lipinski definition) is 8. The Balaban J connectivity index is 0.000000131. The Morgan fingerprint density at radius 2 is 0.538 bits per heavy atom. The van der Waals surface area contributed by atoms with Gasteiger partial charge in [0, 0.05) is 139 Å². The van der Waals surface area contributed by atoms with E-state index < -0.39 is 0 Å². The fraction of sp³-hybridized carbons (Fsp3) is 0.543. The number of nitrogens with one attached hydrogen (secondary N) is 8. The van der Waals surface area contributed by atoms with Crippen LogP contribution < -0.4 is 101 Å². The topological polar surface area (TPSA) is 417 Å². The van der Waals surface area contributed by atoms with Crippen LogP contribution in [0.1, 0.15) is 230 Å². The van der Waals surface area contributed by atoms with Crippen molar-refractivity contribution in [2.75, 3.05) is 170 Å². The van der Waals surface area contributed by atoms with Crippen LogP contribution in [0.4, 0.5) is 92.6 Å². The van der Waals surface area contributed by atoms with Gasteiger partial charge in [0.1, 0.15) is 45.7 Å². The summed E-state index contributed by atoms with van der Waals surface area (Å²) in [5.74, 6) is 6.22. The summed E-state index contributed by atoms with van der Waals surface area (Å²) in [6, 6.07) is 23.4. The van der Waals surface area contributed by atoms with Crippen molar-refractivity contribution in [1.29, 1.82) is 0 Å². The number of carbonyl (C=O) groups is 8. The molecule has 762 valence electrons. The summed E-state index contributed by atoms with van der Waals surface area (Å²) in [5, 5.41) is 25.2. The second kappa shape index (κ2) is 45.8. The molecule has 0 radical (unpaired) electrons. The number of methoxy groups -OCH3 is 4. The lowest BCUT2D eigenvalue weighted by atomic mass is 10.1. The van der Waals surface area contributed by atoms with Crippen molar-refractivity contribution in [3.8, 4) is 23.0 Å². The summed E-state index contributed by atoms with van der Waals surface area (Å²) >= 11 is 0. The number of amides is 8. The number of benzene rings is 4. The number of aromatic nitrogens is 8. The van der Waals surface area contributed by atoms with E-state index in [9.17, 15) is 38.4 Å².